The van der Waals surface area contributed by atoms with E-state index in [1.807, 2.05) is 66.7 Å². The molecule has 0 bridgehead atoms. The molecule has 1 N–H and O–H groups in total. The monoisotopic (exact) mass is 436 g/mol. The molecule has 1 amide bonds. The van der Waals surface area contributed by atoms with E-state index in [0.717, 1.165) is 15.4 Å². The number of amides is 1. The quantitative estimate of drug-likeness (QED) is 0.694. The zero-order valence-electron chi connectivity index (χ0n) is 17.1. The third kappa shape index (κ3) is 6.34. The van der Waals surface area contributed by atoms with Gasteiger partial charge in [-0.2, -0.15) is 0 Å². The van der Waals surface area contributed by atoms with Crippen LogP contribution in [0.3, 0.4) is 0 Å². The Bertz CT molecular complexity index is 815. The van der Waals surface area contributed by atoms with Crippen molar-refractivity contribution in [1.29, 1.82) is 0 Å². The van der Waals surface area contributed by atoms with Gasteiger partial charge in [0.25, 0.3) is 0 Å². The predicted octanol–water partition coefficient (Wildman–Crippen LogP) is 5.23. The van der Waals surface area contributed by atoms with Crippen LogP contribution in [0.4, 0.5) is 10.7 Å². The van der Waals surface area contributed by atoms with E-state index in [1.165, 1.54) is 0 Å². The SMILES string of the molecule is CC(C)N(CC(C)(C)Nc1ncc2cc(Br)ccc2n1)C(=O)OC(C)(C)C. The number of fused-ring (bicyclic) bond motifs is 1. The first-order valence-electron chi connectivity index (χ1n) is 9.06. The molecule has 2 aromatic rings. The number of hydrogen-bond donors (Lipinski definition) is 1. The van der Waals surface area contributed by atoms with Crippen molar-refractivity contribution in [3.63, 3.8) is 0 Å². The van der Waals surface area contributed by atoms with E-state index in [-0.39, 0.29) is 12.1 Å². The maximum Gasteiger partial charge on any atom is 0.410 e. The molecule has 0 radical (unpaired) electrons. The molecule has 6 nitrogen and oxygen atoms in total. The summed E-state index contributed by atoms with van der Waals surface area (Å²) in [5.41, 5.74) is -0.110. The van der Waals surface area contributed by atoms with Gasteiger partial charge in [0, 0.05) is 28.6 Å². The number of aromatic nitrogens is 2. The highest BCUT2D eigenvalue weighted by Crippen LogP contribution is 2.21. The topological polar surface area (TPSA) is 67.3 Å². The van der Waals surface area contributed by atoms with Crippen LogP contribution in [0.25, 0.3) is 10.9 Å². The highest BCUT2D eigenvalue weighted by atomic mass is 79.9. The summed E-state index contributed by atoms with van der Waals surface area (Å²) in [5.74, 6) is 0.530. The van der Waals surface area contributed by atoms with E-state index in [4.69, 9.17) is 4.74 Å². The van der Waals surface area contributed by atoms with Crippen LogP contribution in [0, 0.1) is 0 Å². The molecule has 0 atom stereocenters. The third-order valence-electron chi connectivity index (χ3n) is 3.81. The van der Waals surface area contributed by atoms with Crippen molar-refractivity contribution in [2.45, 2.75) is 65.6 Å². The second-order valence-corrected chi connectivity index (χ2v) is 9.52. The maximum absolute atomic E-state index is 12.6. The maximum atomic E-state index is 12.6. The fraction of sp³-hybridized carbons (Fsp3) is 0.550. The molecule has 7 heteroatoms. The summed E-state index contributed by atoms with van der Waals surface area (Å²) >= 11 is 3.45. The van der Waals surface area contributed by atoms with E-state index < -0.39 is 11.1 Å². The molecule has 0 saturated carbocycles. The van der Waals surface area contributed by atoms with Crippen molar-refractivity contribution >= 4 is 38.9 Å². The largest absolute Gasteiger partial charge is 0.444 e. The van der Waals surface area contributed by atoms with Gasteiger partial charge in [-0.3, -0.25) is 0 Å². The molecular formula is C20H29BrN4O2. The highest BCUT2D eigenvalue weighted by Gasteiger charge is 2.30. The summed E-state index contributed by atoms with van der Waals surface area (Å²) in [6.07, 6.45) is 1.47. The third-order valence-corrected chi connectivity index (χ3v) is 4.30. The summed E-state index contributed by atoms with van der Waals surface area (Å²) in [7, 11) is 0. The van der Waals surface area contributed by atoms with Crippen molar-refractivity contribution < 1.29 is 9.53 Å². The second-order valence-electron chi connectivity index (χ2n) is 8.61. The van der Waals surface area contributed by atoms with Gasteiger partial charge in [-0.25, -0.2) is 14.8 Å². The molecule has 1 aromatic heterocycles. The average molecular weight is 437 g/mol. The van der Waals surface area contributed by atoms with Crippen LogP contribution in [0.5, 0.6) is 0 Å². The molecular weight excluding hydrogens is 408 g/mol. The molecule has 0 saturated heterocycles. The number of hydrogen-bond acceptors (Lipinski definition) is 5. The van der Waals surface area contributed by atoms with Crippen molar-refractivity contribution in [3.05, 3.63) is 28.9 Å². The summed E-state index contributed by atoms with van der Waals surface area (Å²) < 4.78 is 6.54. The minimum absolute atomic E-state index is 0.01000. The summed E-state index contributed by atoms with van der Waals surface area (Å²) in [6.45, 7) is 14.1. The second kappa shape index (κ2) is 8.00. The molecule has 0 unspecified atom stereocenters. The molecule has 0 aliphatic carbocycles. The van der Waals surface area contributed by atoms with Gasteiger partial charge >= 0.3 is 6.09 Å². The zero-order valence-corrected chi connectivity index (χ0v) is 18.7. The minimum Gasteiger partial charge on any atom is -0.444 e. The van der Waals surface area contributed by atoms with Crippen LogP contribution >= 0.6 is 15.9 Å². The van der Waals surface area contributed by atoms with Crippen LogP contribution in [-0.4, -0.2) is 44.7 Å². The summed E-state index contributed by atoms with van der Waals surface area (Å²) in [5, 5.41) is 4.31. The van der Waals surface area contributed by atoms with Crippen molar-refractivity contribution in [2.75, 3.05) is 11.9 Å². The van der Waals surface area contributed by atoms with Gasteiger partial charge in [-0.1, -0.05) is 15.9 Å². The number of carbonyl (C=O) groups is 1. The number of rotatable bonds is 5. The first-order valence-corrected chi connectivity index (χ1v) is 9.86. The van der Waals surface area contributed by atoms with Crippen LogP contribution < -0.4 is 5.32 Å². The molecule has 1 heterocycles. The lowest BCUT2D eigenvalue weighted by Crippen LogP contribution is -2.50. The molecule has 0 aliphatic heterocycles. The number of carbonyl (C=O) groups excluding carboxylic acids is 1. The zero-order chi connectivity index (χ0) is 20.4. The number of benzene rings is 1. The Morgan fingerprint density at radius 3 is 2.52 bits per heavy atom. The fourth-order valence-corrected chi connectivity index (χ4v) is 2.99. The van der Waals surface area contributed by atoms with Gasteiger partial charge < -0.3 is 15.0 Å². The number of halogens is 1. The molecule has 148 valence electrons. The summed E-state index contributed by atoms with van der Waals surface area (Å²) in [4.78, 5) is 23.3. The van der Waals surface area contributed by atoms with Crippen molar-refractivity contribution in [3.8, 4) is 0 Å². The molecule has 2 rings (SSSR count). The average Bonchev–Trinajstić information content (AvgIpc) is 2.50. The van der Waals surface area contributed by atoms with Crippen molar-refractivity contribution in [2.24, 2.45) is 0 Å². The van der Waals surface area contributed by atoms with E-state index in [9.17, 15) is 4.79 Å². The lowest BCUT2D eigenvalue weighted by molar-refractivity contribution is 0.0160. The van der Waals surface area contributed by atoms with E-state index in [2.05, 4.69) is 31.2 Å². The van der Waals surface area contributed by atoms with Crippen LogP contribution in [-0.2, 0) is 4.74 Å². The van der Waals surface area contributed by atoms with Crippen LogP contribution in [0.15, 0.2) is 28.9 Å². The van der Waals surface area contributed by atoms with Gasteiger partial charge in [0.05, 0.1) is 11.1 Å². The van der Waals surface area contributed by atoms with E-state index in [1.54, 1.807) is 11.1 Å². The number of ether oxygens (including phenoxy) is 1. The predicted molar refractivity (Wildman–Crippen MR) is 113 cm³/mol. The molecule has 0 fully saturated rings. The fourth-order valence-electron chi connectivity index (χ4n) is 2.61. The van der Waals surface area contributed by atoms with Crippen molar-refractivity contribution in [1.82, 2.24) is 14.9 Å². The van der Waals surface area contributed by atoms with Gasteiger partial charge in [-0.05, 0) is 66.7 Å². The van der Waals surface area contributed by atoms with Gasteiger partial charge in [0.1, 0.15) is 5.60 Å². The Kier molecular flexibility index (Phi) is 6.35. The molecule has 27 heavy (non-hydrogen) atoms. The molecule has 0 spiro atoms. The van der Waals surface area contributed by atoms with Gasteiger partial charge in [-0.15, -0.1) is 0 Å². The summed E-state index contributed by atoms with van der Waals surface area (Å²) in [6, 6.07) is 5.89. The van der Waals surface area contributed by atoms with E-state index in [0.29, 0.717) is 12.5 Å². The molecule has 0 aliphatic rings. The molecule has 1 aromatic carbocycles. The first-order chi connectivity index (χ1) is 12.4. The number of nitrogens with one attached hydrogen (secondary N) is 1. The highest BCUT2D eigenvalue weighted by molar-refractivity contribution is 9.10. The lowest BCUT2D eigenvalue weighted by Gasteiger charge is -2.36. The smallest absolute Gasteiger partial charge is 0.410 e. The Hall–Kier alpha value is -1.89. The Balaban J connectivity index is 2.16. The minimum atomic E-state index is -0.530. The van der Waals surface area contributed by atoms with E-state index >= 15 is 0 Å². The normalized spacial score (nSPS) is 12.3. The lowest BCUT2D eigenvalue weighted by atomic mass is 10.0. The standard InChI is InChI=1S/C20H29BrN4O2/c1-13(2)25(18(26)27-19(3,4)5)12-20(6,7)24-17-22-11-14-10-15(21)8-9-16(14)23-17/h8-11,13H,12H2,1-7H3,(H,22,23,24). The number of nitrogens with zero attached hydrogens (tertiary/aromatic N) is 3. The Morgan fingerprint density at radius 1 is 1.26 bits per heavy atom. The first kappa shape index (κ1) is 21.4. The van der Waals surface area contributed by atoms with Crippen LogP contribution in [0.2, 0.25) is 0 Å². The van der Waals surface area contributed by atoms with Gasteiger partial charge in [0.2, 0.25) is 5.95 Å². The van der Waals surface area contributed by atoms with Gasteiger partial charge in [0.15, 0.2) is 0 Å². The Labute approximate surface area is 169 Å². The van der Waals surface area contributed by atoms with Crippen LogP contribution in [0.1, 0.15) is 48.5 Å². The Morgan fingerprint density at radius 2 is 1.93 bits per heavy atom. The number of anilines is 1.